The van der Waals surface area contributed by atoms with Crippen LogP contribution in [0.1, 0.15) is 36.1 Å². The molecule has 0 atom stereocenters. The zero-order chi connectivity index (χ0) is 18.1. The Morgan fingerprint density at radius 3 is 2.36 bits per heavy atom. The van der Waals surface area contributed by atoms with Crippen LogP contribution < -0.4 is 5.32 Å². The lowest BCUT2D eigenvalue weighted by Crippen LogP contribution is -2.37. The molecule has 1 N–H and O–H groups in total. The lowest BCUT2D eigenvalue weighted by Gasteiger charge is -2.12. The summed E-state index contributed by atoms with van der Waals surface area (Å²) < 4.78 is 4.63. The SMILES string of the molecule is COC(=O)c1sc(NC(=O)CN2C(=O)c3ccccc3C2=O)nc1C. The van der Waals surface area contributed by atoms with Gasteiger partial charge in [-0.15, -0.1) is 0 Å². The van der Waals surface area contributed by atoms with Gasteiger partial charge in [-0.2, -0.15) is 0 Å². The Bertz CT molecular complexity index is 870. The number of thiazole rings is 1. The second kappa shape index (κ2) is 6.44. The number of benzene rings is 1. The summed E-state index contributed by atoms with van der Waals surface area (Å²) in [6, 6.07) is 6.39. The van der Waals surface area contributed by atoms with Crippen molar-refractivity contribution in [1.82, 2.24) is 9.88 Å². The Labute approximate surface area is 146 Å². The number of fused-ring (bicyclic) bond motifs is 1. The topological polar surface area (TPSA) is 106 Å². The van der Waals surface area contributed by atoms with Crippen LogP contribution in [0.2, 0.25) is 0 Å². The first-order valence-corrected chi connectivity index (χ1v) is 8.05. The van der Waals surface area contributed by atoms with Gasteiger partial charge < -0.3 is 10.1 Å². The van der Waals surface area contributed by atoms with Crippen LogP contribution in [0.5, 0.6) is 0 Å². The van der Waals surface area contributed by atoms with E-state index in [1.165, 1.54) is 7.11 Å². The molecular formula is C16H13N3O5S. The molecule has 0 saturated carbocycles. The fraction of sp³-hybridized carbons (Fsp3) is 0.188. The maximum absolute atomic E-state index is 12.2. The molecule has 25 heavy (non-hydrogen) atoms. The van der Waals surface area contributed by atoms with Gasteiger partial charge in [0.25, 0.3) is 11.8 Å². The number of rotatable bonds is 4. The van der Waals surface area contributed by atoms with E-state index >= 15 is 0 Å². The van der Waals surface area contributed by atoms with E-state index in [4.69, 9.17) is 0 Å². The van der Waals surface area contributed by atoms with Crippen LogP contribution in [0.25, 0.3) is 0 Å². The molecule has 0 saturated heterocycles. The number of esters is 1. The number of nitrogens with one attached hydrogen (secondary N) is 1. The predicted octanol–water partition coefficient (Wildman–Crippen LogP) is 1.47. The van der Waals surface area contributed by atoms with Gasteiger partial charge in [0.2, 0.25) is 5.91 Å². The minimum absolute atomic E-state index is 0.194. The molecule has 8 nitrogen and oxygen atoms in total. The number of hydrogen-bond acceptors (Lipinski definition) is 7. The third-order valence-electron chi connectivity index (χ3n) is 3.59. The van der Waals surface area contributed by atoms with Crippen molar-refractivity contribution in [3.8, 4) is 0 Å². The van der Waals surface area contributed by atoms with Gasteiger partial charge in [0.1, 0.15) is 11.4 Å². The first kappa shape index (κ1) is 16.8. The third kappa shape index (κ3) is 3.01. The van der Waals surface area contributed by atoms with Crippen molar-refractivity contribution in [2.24, 2.45) is 0 Å². The van der Waals surface area contributed by atoms with E-state index in [1.54, 1.807) is 31.2 Å². The van der Waals surface area contributed by atoms with Crippen molar-refractivity contribution in [3.05, 3.63) is 46.0 Å². The van der Waals surface area contributed by atoms with Gasteiger partial charge in [0, 0.05) is 0 Å². The predicted molar refractivity (Wildman–Crippen MR) is 88.6 cm³/mol. The number of carbonyl (C=O) groups excluding carboxylic acids is 4. The Hall–Kier alpha value is -3.07. The molecule has 0 unspecified atom stereocenters. The molecule has 0 aliphatic carbocycles. The standard InChI is InChI=1S/C16H13N3O5S/c1-8-12(15(23)24-2)25-16(17-8)18-11(20)7-19-13(21)9-5-3-4-6-10(9)14(19)22/h3-6H,7H2,1-2H3,(H,17,18,20). The lowest BCUT2D eigenvalue weighted by atomic mass is 10.1. The number of ether oxygens (including phenoxy) is 1. The number of nitrogens with zero attached hydrogens (tertiary/aromatic N) is 2. The lowest BCUT2D eigenvalue weighted by molar-refractivity contribution is -0.116. The highest BCUT2D eigenvalue weighted by Crippen LogP contribution is 2.24. The van der Waals surface area contributed by atoms with E-state index < -0.39 is 30.2 Å². The molecule has 3 amide bonds. The summed E-state index contributed by atoms with van der Waals surface area (Å²) >= 11 is 0.961. The minimum Gasteiger partial charge on any atom is -0.465 e. The van der Waals surface area contributed by atoms with E-state index in [2.05, 4.69) is 15.0 Å². The quantitative estimate of drug-likeness (QED) is 0.655. The van der Waals surface area contributed by atoms with E-state index in [9.17, 15) is 19.2 Å². The van der Waals surface area contributed by atoms with Crippen LogP contribution in [0, 0.1) is 6.92 Å². The molecule has 2 aromatic rings. The Balaban J connectivity index is 1.71. The summed E-state index contributed by atoms with van der Waals surface area (Å²) in [5.41, 5.74) is 0.977. The molecule has 0 spiro atoms. The molecule has 1 aromatic heterocycles. The summed E-state index contributed by atoms with van der Waals surface area (Å²) in [5.74, 6) is -2.15. The second-order valence-electron chi connectivity index (χ2n) is 5.22. The summed E-state index contributed by atoms with van der Waals surface area (Å²) in [6.07, 6.45) is 0. The molecule has 2 heterocycles. The normalized spacial score (nSPS) is 13.0. The van der Waals surface area contributed by atoms with Crippen LogP contribution in [0.3, 0.4) is 0 Å². The minimum atomic E-state index is -0.584. The number of aryl methyl sites for hydroxylation is 1. The molecular weight excluding hydrogens is 346 g/mol. The molecule has 9 heteroatoms. The van der Waals surface area contributed by atoms with E-state index in [0.29, 0.717) is 5.69 Å². The second-order valence-corrected chi connectivity index (χ2v) is 6.21. The highest BCUT2D eigenvalue weighted by Gasteiger charge is 2.36. The number of aromatic nitrogens is 1. The summed E-state index contributed by atoms with van der Waals surface area (Å²) in [5, 5.41) is 2.69. The van der Waals surface area contributed by atoms with Crippen molar-refractivity contribution < 1.29 is 23.9 Å². The monoisotopic (exact) mass is 359 g/mol. The van der Waals surface area contributed by atoms with Gasteiger partial charge in [0.15, 0.2) is 5.13 Å². The molecule has 0 fully saturated rings. The van der Waals surface area contributed by atoms with Gasteiger partial charge >= 0.3 is 5.97 Å². The summed E-state index contributed by atoms with van der Waals surface area (Å²) in [4.78, 5) is 53.4. The molecule has 0 bridgehead atoms. The first-order valence-electron chi connectivity index (χ1n) is 7.23. The van der Waals surface area contributed by atoms with Crippen LogP contribution in [-0.4, -0.2) is 47.2 Å². The molecule has 3 rings (SSSR count). The highest BCUT2D eigenvalue weighted by atomic mass is 32.1. The largest absolute Gasteiger partial charge is 0.465 e. The van der Waals surface area contributed by atoms with Crippen LogP contribution >= 0.6 is 11.3 Å². The fourth-order valence-corrected chi connectivity index (χ4v) is 3.32. The number of anilines is 1. The molecule has 1 aliphatic rings. The van der Waals surface area contributed by atoms with E-state index in [1.807, 2.05) is 0 Å². The Kier molecular flexibility index (Phi) is 4.32. The summed E-state index contributed by atoms with van der Waals surface area (Å²) in [7, 11) is 1.25. The Morgan fingerprint density at radius 2 is 1.80 bits per heavy atom. The van der Waals surface area contributed by atoms with E-state index in [-0.39, 0.29) is 21.1 Å². The summed E-state index contributed by atoms with van der Waals surface area (Å²) in [6.45, 7) is 1.18. The maximum Gasteiger partial charge on any atom is 0.350 e. The smallest absolute Gasteiger partial charge is 0.350 e. The van der Waals surface area contributed by atoms with Crippen molar-refractivity contribution in [2.45, 2.75) is 6.92 Å². The Morgan fingerprint density at radius 1 is 1.20 bits per heavy atom. The van der Waals surface area contributed by atoms with Gasteiger partial charge in [-0.05, 0) is 19.1 Å². The van der Waals surface area contributed by atoms with E-state index in [0.717, 1.165) is 16.2 Å². The van der Waals surface area contributed by atoms with Crippen LogP contribution in [-0.2, 0) is 9.53 Å². The highest BCUT2D eigenvalue weighted by molar-refractivity contribution is 7.17. The molecule has 1 aliphatic heterocycles. The average Bonchev–Trinajstić information content (AvgIpc) is 3.07. The number of imide groups is 1. The van der Waals surface area contributed by atoms with Crippen molar-refractivity contribution in [2.75, 3.05) is 19.0 Å². The van der Waals surface area contributed by atoms with Crippen LogP contribution in [0.15, 0.2) is 24.3 Å². The van der Waals surface area contributed by atoms with Crippen LogP contribution in [0.4, 0.5) is 5.13 Å². The number of hydrogen-bond donors (Lipinski definition) is 1. The zero-order valence-electron chi connectivity index (χ0n) is 13.4. The molecule has 0 radical (unpaired) electrons. The first-order chi connectivity index (χ1) is 11.9. The molecule has 1 aromatic carbocycles. The van der Waals surface area contributed by atoms with Crippen molar-refractivity contribution in [3.63, 3.8) is 0 Å². The van der Waals surface area contributed by atoms with Crippen molar-refractivity contribution >= 4 is 40.2 Å². The van der Waals surface area contributed by atoms with Gasteiger partial charge in [0.05, 0.1) is 23.9 Å². The average molecular weight is 359 g/mol. The van der Waals surface area contributed by atoms with Gasteiger partial charge in [-0.25, -0.2) is 9.78 Å². The maximum atomic E-state index is 12.2. The van der Waals surface area contributed by atoms with Gasteiger partial charge in [-0.3, -0.25) is 19.3 Å². The molecule has 128 valence electrons. The number of amides is 3. The number of carbonyl (C=O) groups is 4. The number of methoxy groups -OCH3 is 1. The van der Waals surface area contributed by atoms with Gasteiger partial charge in [-0.1, -0.05) is 23.5 Å². The zero-order valence-corrected chi connectivity index (χ0v) is 14.2. The third-order valence-corrected chi connectivity index (χ3v) is 4.65. The van der Waals surface area contributed by atoms with Crippen molar-refractivity contribution in [1.29, 1.82) is 0 Å². The fourth-order valence-electron chi connectivity index (χ4n) is 2.42.